The van der Waals surface area contributed by atoms with Crippen LogP contribution in [0, 0.1) is 0 Å². The number of halogens is 1. The quantitative estimate of drug-likeness (QED) is 0.340. The largest absolute Gasteiger partial charge is 1.00 e. The Morgan fingerprint density at radius 2 is 1.55 bits per heavy atom. The summed E-state index contributed by atoms with van der Waals surface area (Å²) in [6.07, 6.45) is -0.343. The van der Waals surface area contributed by atoms with Crippen molar-refractivity contribution in [3.63, 3.8) is 0 Å². The van der Waals surface area contributed by atoms with E-state index in [0.29, 0.717) is 53.6 Å². The first-order chi connectivity index (χ1) is 13.5. The van der Waals surface area contributed by atoms with E-state index in [1.165, 1.54) is 7.11 Å². The minimum Gasteiger partial charge on any atom is -1.00 e. The van der Waals surface area contributed by atoms with E-state index in [4.69, 9.17) is 18.9 Å². The predicted octanol–water partition coefficient (Wildman–Crippen LogP) is -1.41. The Morgan fingerprint density at radius 3 is 2.10 bits per heavy atom. The molecule has 0 heterocycles. The number of rotatable bonds is 11. The van der Waals surface area contributed by atoms with E-state index >= 15 is 0 Å². The minimum atomic E-state index is -0.694. The van der Waals surface area contributed by atoms with Crippen LogP contribution >= 0.6 is 0 Å². The molecule has 0 radical (unpaired) electrons. The molecule has 0 aliphatic carbocycles. The summed E-state index contributed by atoms with van der Waals surface area (Å²) in [6.45, 7) is 0.987. The van der Waals surface area contributed by atoms with Crippen LogP contribution in [-0.2, 0) is 0 Å². The normalized spacial score (nSPS) is 11.2. The molecular weight excluding hydrogens is 398 g/mol. The molecule has 0 spiro atoms. The molecule has 0 aliphatic rings. The maximum Gasteiger partial charge on any atom is 0.168 e. The number of hydrogen-bond donors (Lipinski definition) is 2. The number of ketones is 1. The summed E-state index contributed by atoms with van der Waals surface area (Å²) in [6, 6.07) is 10.4. The van der Waals surface area contributed by atoms with Crippen LogP contribution in [0.3, 0.4) is 0 Å². The highest BCUT2D eigenvalue weighted by Gasteiger charge is 2.15. The zero-order valence-corrected chi connectivity index (χ0v) is 17.9. The number of methoxy groups -OCH3 is 4. The average Bonchev–Trinajstić information content (AvgIpc) is 2.75. The molecule has 0 amide bonds. The molecule has 0 aromatic heterocycles. The molecule has 0 aliphatic heterocycles. The summed E-state index contributed by atoms with van der Waals surface area (Å²) in [7, 11) is 6.22. The van der Waals surface area contributed by atoms with E-state index in [1.807, 2.05) is 5.32 Å². The van der Waals surface area contributed by atoms with Gasteiger partial charge in [-0.3, -0.25) is 4.79 Å². The first-order valence-electron chi connectivity index (χ1n) is 9.00. The van der Waals surface area contributed by atoms with Crippen LogP contribution in [0.4, 0.5) is 0 Å². The lowest BCUT2D eigenvalue weighted by Crippen LogP contribution is -3.00. The molecule has 2 aromatic carbocycles. The highest BCUT2D eigenvalue weighted by atomic mass is 35.5. The van der Waals surface area contributed by atoms with Crippen LogP contribution in [0.1, 0.15) is 28.4 Å². The number of aliphatic hydroxyl groups is 1. The lowest BCUT2D eigenvalue weighted by molar-refractivity contribution is -0.660. The van der Waals surface area contributed by atoms with Crippen molar-refractivity contribution in [1.82, 2.24) is 0 Å². The van der Waals surface area contributed by atoms with Gasteiger partial charge in [0.25, 0.3) is 0 Å². The molecule has 29 heavy (non-hydrogen) atoms. The van der Waals surface area contributed by atoms with Crippen molar-refractivity contribution in [3.8, 4) is 23.0 Å². The number of Topliss-reactive ketones (excluding diaryl/α,β-unsaturated/α-hetero) is 1. The van der Waals surface area contributed by atoms with Crippen LogP contribution in [0.25, 0.3) is 0 Å². The Bertz CT molecular complexity index is 776. The first kappa shape index (κ1) is 24.6. The third kappa shape index (κ3) is 6.81. The van der Waals surface area contributed by atoms with Crippen LogP contribution in [0.2, 0.25) is 0 Å². The monoisotopic (exact) mass is 425 g/mol. The highest BCUT2D eigenvalue weighted by molar-refractivity contribution is 5.96. The summed E-state index contributed by atoms with van der Waals surface area (Å²) in [5.41, 5.74) is 1.28. The molecule has 8 heteroatoms. The zero-order valence-electron chi connectivity index (χ0n) is 17.1. The third-order valence-corrected chi connectivity index (χ3v) is 4.43. The van der Waals surface area contributed by atoms with Crippen molar-refractivity contribution >= 4 is 5.78 Å². The van der Waals surface area contributed by atoms with Gasteiger partial charge in [-0.2, -0.15) is 0 Å². The lowest BCUT2D eigenvalue weighted by Gasteiger charge is -2.13. The summed E-state index contributed by atoms with van der Waals surface area (Å²) in [5.74, 6) is 2.37. The topological polar surface area (TPSA) is 90.8 Å². The van der Waals surface area contributed by atoms with E-state index in [0.717, 1.165) is 0 Å². The van der Waals surface area contributed by atoms with Crippen molar-refractivity contribution in [3.05, 3.63) is 47.5 Å². The Hall–Kier alpha value is -2.48. The van der Waals surface area contributed by atoms with E-state index in [9.17, 15) is 9.90 Å². The van der Waals surface area contributed by atoms with Gasteiger partial charge < -0.3 is 41.8 Å². The second-order valence-electron chi connectivity index (χ2n) is 6.22. The number of ether oxygens (including phenoxy) is 4. The number of benzene rings is 2. The molecule has 2 aromatic rings. The number of nitrogens with two attached hydrogens (primary N) is 1. The smallest absolute Gasteiger partial charge is 0.168 e. The Kier molecular flexibility index (Phi) is 10.3. The molecule has 7 nitrogen and oxygen atoms in total. The number of carbonyl (C=O) groups excluding carboxylic acids is 1. The fourth-order valence-electron chi connectivity index (χ4n) is 2.82. The van der Waals surface area contributed by atoms with Gasteiger partial charge in [0, 0.05) is 11.6 Å². The van der Waals surface area contributed by atoms with Gasteiger partial charge in [-0.05, 0) is 35.9 Å². The van der Waals surface area contributed by atoms with Gasteiger partial charge >= 0.3 is 0 Å². The maximum atomic E-state index is 12.4. The van der Waals surface area contributed by atoms with E-state index in [-0.39, 0.29) is 18.2 Å². The fraction of sp³-hybridized carbons (Fsp3) is 0.381. The second-order valence-corrected chi connectivity index (χ2v) is 6.22. The highest BCUT2D eigenvalue weighted by Crippen LogP contribution is 2.28. The van der Waals surface area contributed by atoms with Crippen LogP contribution in [0.15, 0.2) is 36.4 Å². The van der Waals surface area contributed by atoms with Gasteiger partial charge in [-0.25, -0.2) is 0 Å². The molecule has 0 bridgehead atoms. The second kappa shape index (κ2) is 12.2. The SMILES string of the molecule is COc1cc(OC)cc(C(O)C[NH2+]CCC(=O)c2ccc(OC)c(OC)c2)c1.[Cl-]. The molecule has 0 fully saturated rings. The molecule has 1 unspecified atom stereocenters. The summed E-state index contributed by atoms with van der Waals surface area (Å²) >= 11 is 0. The molecule has 160 valence electrons. The Morgan fingerprint density at radius 1 is 0.931 bits per heavy atom. The minimum absolute atomic E-state index is 0. The van der Waals surface area contributed by atoms with Crippen LogP contribution < -0.4 is 36.7 Å². The van der Waals surface area contributed by atoms with Gasteiger partial charge in [0.05, 0.1) is 41.4 Å². The predicted molar refractivity (Wildman–Crippen MR) is 105 cm³/mol. The molecule has 0 saturated heterocycles. The zero-order chi connectivity index (χ0) is 20.5. The van der Waals surface area contributed by atoms with Gasteiger partial charge in [0.15, 0.2) is 17.3 Å². The van der Waals surface area contributed by atoms with Gasteiger partial charge in [0.2, 0.25) is 0 Å². The average molecular weight is 426 g/mol. The maximum absolute atomic E-state index is 12.4. The number of quaternary nitrogens is 1. The summed E-state index contributed by atoms with van der Waals surface area (Å²) < 4.78 is 20.9. The standard InChI is InChI=1S/C21H27NO6.ClH/c1-25-16-9-15(10-17(12-16)26-2)19(24)13-22-8-7-18(23)14-5-6-20(27-3)21(11-14)28-4;/h5-6,9-12,19,22,24H,7-8,13H2,1-4H3;1H. The fourth-order valence-corrected chi connectivity index (χ4v) is 2.82. The third-order valence-electron chi connectivity index (χ3n) is 4.43. The van der Waals surface area contributed by atoms with Crippen LogP contribution in [-0.4, -0.2) is 52.4 Å². The van der Waals surface area contributed by atoms with E-state index in [1.54, 1.807) is 57.7 Å². The molecule has 0 saturated carbocycles. The molecule has 1 atom stereocenters. The van der Waals surface area contributed by atoms with Gasteiger partial charge in [-0.1, -0.05) is 0 Å². The lowest BCUT2D eigenvalue weighted by atomic mass is 10.1. The molecular formula is C21H28ClNO6. The van der Waals surface area contributed by atoms with Gasteiger partial charge in [-0.15, -0.1) is 0 Å². The van der Waals surface area contributed by atoms with Crippen molar-refractivity contribution in [1.29, 1.82) is 0 Å². The summed E-state index contributed by atoms with van der Waals surface area (Å²) in [5, 5.41) is 12.3. The van der Waals surface area contributed by atoms with Crippen LogP contribution in [0.5, 0.6) is 23.0 Å². The van der Waals surface area contributed by atoms with Crippen molar-refractivity contribution in [2.75, 3.05) is 41.5 Å². The van der Waals surface area contributed by atoms with Gasteiger partial charge in [0.1, 0.15) is 24.1 Å². The molecule has 3 N–H and O–H groups in total. The van der Waals surface area contributed by atoms with Crippen molar-refractivity contribution < 1.29 is 46.6 Å². The van der Waals surface area contributed by atoms with Crippen molar-refractivity contribution in [2.24, 2.45) is 0 Å². The number of aliphatic hydroxyl groups excluding tert-OH is 1. The molecule has 2 rings (SSSR count). The van der Waals surface area contributed by atoms with E-state index in [2.05, 4.69) is 0 Å². The Labute approximate surface area is 177 Å². The Balaban J connectivity index is 0.00000420. The first-order valence-corrected chi connectivity index (χ1v) is 9.00. The van der Waals surface area contributed by atoms with Crippen molar-refractivity contribution in [2.45, 2.75) is 12.5 Å². The summed E-state index contributed by atoms with van der Waals surface area (Å²) in [4.78, 5) is 12.4. The number of hydrogen-bond acceptors (Lipinski definition) is 6. The van der Waals surface area contributed by atoms with E-state index < -0.39 is 6.10 Å². The number of carbonyl (C=O) groups is 1.